The molecule has 6 nitrogen and oxygen atoms in total. The standard InChI is InChI=1S/C37H46N2O4/c1-25(38-22-34(41)32-10-11-35(33(18-32)23-40)43-24-26-6-3-2-4-7-26)12-27-8-5-9-28(13-27)17-36(42)39-37-19-29-14-30(20-37)16-31(15-29)21-37/h2-11,13,18,25,29-31,34,38,40-41H,12,14-17,19-24H2,1H3,(H,39,42)/t25-,29?,30?,31?,34-,37?/m1/s1. The second-order valence-corrected chi connectivity index (χ2v) is 13.6. The van der Waals surface area contributed by atoms with E-state index in [1.165, 1.54) is 44.1 Å². The van der Waals surface area contributed by atoms with E-state index in [0.717, 1.165) is 40.9 Å². The number of nitrogens with one attached hydrogen (secondary N) is 2. The molecule has 0 saturated heterocycles. The Morgan fingerprint density at radius 2 is 1.58 bits per heavy atom. The van der Waals surface area contributed by atoms with Crippen LogP contribution in [0.1, 0.15) is 79.4 Å². The van der Waals surface area contributed by atoms with Crippen LogP contribution in [0.5, 0.6) is 5.75 Å². The zero-order valence-electron chi connectivity index (χ0n) is 25.3. The van der Waals surface area contributed by atoms with E-state index in [4.69, 9.17) is 4.74 Å². The van der Waals surface area contributed by atoms with E-state index >= 15 is 0 Å². The Hall–Kier alpha value is -3.19. The molecule has 0 radical (unpaired) electrons. The van der Waals surface area contributed by atoms with E-state index in [2.05, 4.69) is 35.8 Å². The molecule has 0 aliphatic heterocycles. The van der Waals surface area contributed by atoms with Gasteiger partial charge in [0.15, 0.2) is 0 Å². The molecule has 4 aliphatic carbocycles. The molecule has 4 N–H and O–H groups in total. The van der Waals surface area contributed by atoms with Gasteiger partial charge in [-0.2, -0.15) is 0 Å². The van der Waals surface area contributed by atoms with Crippen LogP contribution in [0.2, 0.25) is 0 Å². The molecule has 4 fully saturated rings. The van der Waals surface area contributed by atoms with Crippen molar-refractivity contribution in [1.29, 1.82) is 0 Å². The van der Waals surface area contributed by atoms with Crippen LogP contribution in [-0.2, 0) is 30.8 Å². The van der Waals surface area contributed by atoms with Crippen LogP contribution in [0.15, 0.2) is 72.8 Å². The molecule has 3 aromatic carbocycles. The molecule has 7 rings (SSSR count). The summed E-state index contributed by atoms with van der Waals surface area (Å²) in [5.41, 5.74) is 4.73. The fraction of sp³-hybridized carbons (Fsp3) is 0.486. The first-order chi connectivity index (χ1) is 20.9. The van der Waals surface area contributed by atoms with Gasteiger partial charge in [0, 0.05) is 23.7 Å². The van der Waals surface area contributed by atoms with Gasteiger partial charge in [0.2, 0.25) is 5.91 Å². The van der Waals surface area contributed by atoms with Gasteiger partial charge in [0.1, 0.15) is 12.4 Å². The number of aliphatic hydroxyl groups is 2. The quantitative estimate of drug-likeness (QED) is 0.210. The average molecular weight is 583 g/mol. The Morgan fingerprint density at radius 3 is 2.28 bits per heavy atom. The first-order valence-electron chi connectivity index (χ1n) is 16.1. The van der Waals surface area contributed by atoms with Gasteiger partial charge in [-0.05, 0) is 104 Å². The lowest BCUT2D eigenvalue weighted by molar-refractivity contribution is -0.126. The highest BCUT2D eigenvalue weighted by Crippen LogP contribution is 2.55. The number of rotatable bonds is 13. The molecule has 0 spiro atoms. The largest absolute Gasteiger partial charge is 0.489 e. The lowest BCUT2D eigenvalue weighted by Gasteiger charge is -2.56. The van der Waals surface area contributed by atoms with Crippen LogP contribution >= 0.6 is 0 Å². The molecule has 43 heavy (non-hydrogen) atoms. The van der Waals surface area contributed by atoms with Crippen molar-refractivity contribution in [3.63, 3.8) is 0 Å². The number of benzene rings is 3. The minimum absolute atomic E-state index is 0.0517. The maximum atomic E-state index is 13.1. The predicted molar refractivity (Wildman–Crippen MR) is 168 cm³/mol. The summed E-state index contributed by atoms with van der Waals surface area (Å²) in [6.45, 7) is 2.76. The predicted octanol–water partition coefficient (Wildman–Crippen LogP) is 5.64. The van der Waals surface area contributed by atoms with Gasteiger partial charge in [0.05, 0.1) is 19.1 Å². The van der Waals surface area contributed by atoms with Crippen molar-refractivity contribution in [2.75, 3.05) is 6.54 Å². The van der Waals surface area contributed by atoms with Crippen molar-refractivity contribution >= 4 is 5.91 Å². The van der Waals surface area contributed by atoms with Crippen LogP contribution in [0.25, 0.3) is 0 Å². The van der Waals surface area contributed by atoms with Gasteiger partial charge in [0.25, 0.3) is 0 Å². The summed E-state index contributed by atoms with van der Waals surface area (Å²) in [6, 6.07) is 23.9. The SMILES string of the molecule is C[C@H](Cc1cccc(CC(=O)NC23CC4CC(CC(C4)C2)C3)c1)NC[C@@H](O)c1ccc(OCc2ccccc2)c(CO)c1. The third-order valence-corrected chi connectivity index (χ3v) is 9.88. The number of ether oxygens (including phenoxy) is 1. The molecule has 3 aromatic rings. The van der Waals surface area contributed by atoms with Gasteiger partial charge in [-0.1, -0.05) is 60.7 Å². The van der Waals surface area contributed by atoms with Gasteiger partial charge in [-0.3, -0.25) is 4.79 Å². The zero-order valence-corrected chi connectivity index (χ0v) is 25.3. The smallest absolute Gasteiger partial charge is 0.224 e. The molecule has 0 unspecified atom stereocenters. The molecule has 0 aromatic heterocycles. The van der Waals surface area contributed by atoms with E-state index in [0.29, 0.717) is 30.9 Å². The van der Waals surface area contributed by atoms with Gasteiger partial charge >= 0.3 is 0 Å². The topological polar surface area (TPSA) is 90.8 Å². The first kappa shape index (κ1) is 29.9. The van der Waals surface area contributed by atoms with Crippen molar-refractivity contribution in [3.05, 3.63) is 101 Å². The number of carbonyl (C=O) groups is 1. The van der Waals surface area contributed by atoms with Gasteiger partial charge in [-0.25, -0.2) is 0 Å². The molecule has 4 aliphatic rings. The highest BCUT2D eigenvalue weighted by atomic mass is 16.5. The molecule has 228 valence electrons. The van der Waals surface area contributed by atoms with Crippen LogP contribution in [0, 0.1) is 17.8 Å². The van der Waals surface area contributed by atoms with E-state index in [9.17, 15) is 15.0 Å². The minimum Gasteiger partial charge on any atom is -0.489 e. The van der Waals surface area contributed by atoms with E-state index in [1.54, 1.807) is 0 Å². The Balaban J connectivity index is 0.978. The van der Waals surface area contributed by atoms with Crippen molar-refractivity contribution in [2.45, 2.75) is 89.2 Å². The molecule has 2 atom stereocenters. The average Bonchev–Trinajstić information content (AvgIpc) is 2.98. The Labute approximate surface area is 255 Å². The summed E-state index contributed by atoms with van der Waals surface area (Å²) >= 11 is 0. The van der Waals surface area contributed by atoms with E-state index < -0.39 is 6.10 Å². The summed E-state index contributed by atoms with van der Waals surface area (Å²) < 4.78 is 5.93. The van der Waals surface area contributed by atoms with Crippen LogP contribution in [0.3, 0.4) is 0 Å². The van der Waals surface area contributed by atoms with Crippen molar-refractivity contribution < 1.29 is 19.7 Å². The number of amides is 1. The number of hydrogen-bond donors (Lipinski definition) is 4. The Bertz CT molecular complexity index is 1360. The molecule has 1 amide bonds. The third-order valence-electron chi connectivity index (χ3n) is 9.88. The zero-order chi connectivity index (χ0) is 29.8. The second kappa shape index (κ2) is 13.2. The molecule has 0 heterocycles. The first-order valence-corrected chi connectivity index (χ1v) is 16.1. The molecule has 4 bridgehead atoms. The van der Waals surface area contributed by atoms with Crippen LogP contribution in [0.4, 0.5) is 0 Å². The van der Waals surface area contributed by atoms with Crippen molar-refractivity contribution in [2.24, 2.45) is 17.8 Å². The number of carbonyl (C=O) groups excluding carboxylic acids is 1. The Kier molecular flexibility index (Phi) is 9.17. The summed E-state index contributed by atoms with van der Waals surface area (Å²) in [4.78, 5) is 13.1. The summed E-state index contributed by atoms with van der Waals surface area (Å²) in [7, 11) is 0. The summed E-state index contributed by atoms with van der Waals surface area (Å²) in [6.07, 6.45) is 8.16. The molecule has 6 heteroatoms. The van der Waals surface area contributed by atoms with E-state index in [-0.39, 0.29) is 24.1 Å². The number of hydrogen-bond acceptors (Lipinski definition) is 5. The highest BCUT2D eigenvalue weighted by Gasteiger charge is 2.51. The maximum absolute atomic E-state index is 13.1. The van der Waals surface area contributed by atoms with Crippen LogP contribution < -0.4 is 15.4 Å². The van der Waals surface area contributed by atoms with Crippen molar-refractivity contribution in [1.82, 2.24) is 10.6 Å². The van der Waals surface area contributed by atoms with Crippen molar-refractivity contribution in [3.8, 4) is 5.75 Å². The third kappa shape index (κ3) is 7.49. The maximum Gasteiger partial charge on any atom is 0.224 e. The second-order valence-electron chi connectivity index (χ2n) is 13.6. The fourth-order valence-corrected chi connectivity index (χ4v) is 8.32. The summed E-state index contributed by atoms with van der Waals surface area (Å²) in [5.74, 6) is 3.23. The lowest BCUT2D eigenvalue weighted by atomic mass is 9.53. The van der Waals surface area contributed by atoms with Gasteiger partial charge < -0.3 is 25.6 Å². The molecular formula is C37H46N2O4. The highest BCUT2D eigenvalue weighted by molar-refractivity contribution is 5.79. The van der Waals surface area contributed by atoms with Gasteiger partial charge in [-0.15, -0.1) is 0 Å². The van der Waals surface area contributed by atoms with E-state index in [1.807, 2.05) is 54.6 Å². The molecule has 4 saturated carbocycles. The summed E-state index contributed by atoms with van der Waals surface area (Å²) in [5, 5.41) is 27.8. The fourth-order valence-electron chi connectivity index (χ4n) is 8.32. The lowest BCUT2D eigenvalue weighted by Crippen LogP contribution is -2.60. The molecular weight excluding hydrogens is 536 g/mol. The monoisotopic (exact) mass is 582 g/mol. The van der Waals surface area contributed by atoms with Crippen LogP contribution in [-0.4, -0.2) is 34.2 Å². The Morgan fingerprint density at radius 1 is 0.907 bits per heavy atom. The minimum atomic E-state index is -0.712. The normalized spacial score (nSPS) is 25.3. The number of aliphatic hydroxyl groups excluding tert-OH is 2.